The lowest BCUT2D eigenvalue weighted by Crippen LogP contribution is -2.51. The van der Waals surface area contributed by atoms with E-state index >= 15 is 0 Å². The van der Waals surface area contributed by atoms with Crippen LogP contribution in [-0.2, 0) is 4.79 Å². The number of carbonyl (C=O) groups excluding carboxylic acids is 1. The molecular weight excluding hydrogens is 344 g/mol. The van der Waals surface area contributed by atoms with E-state index in [2.05, 4.69) is 27.7 Å². The third-order valence-electron chi connectivity index (χ3n) is 10.2. The van der Waals surface area contributed by atoms with Crippen molar-refractivity contribution in [3.8, 4) is 0 Å². The Kier molecular flexibility index (Phi) is 5.52. The molecule has 4 aliphatic rings. The molecule has 4 saturated carbocycles. The molecule has 0 aromatic carbocycles. The van der Waals surface area contributed by atoms with Crippen LogP contribution in [-0.4, -0.2) is 16.5 Å². The van der Waals surface area contributed by atoms with Gasteiger partial charge in [0.15, 0.2) is 0 Å². The highest BCUT2D eigenvalue weighted by Crippen LogP contribution is 2.66. The van der Waals surface area contributed by atoms with Crippen molar-refractivity contribution in [2.75, 3.05) is 0 Å². The largest absolute Gasteiger partial charge is 0.390 e. The average molecular weight is 389 g/mol. The van der Waals surface area contributed by atoms with Gasteiger partial charge in [0.2, 0.25) is 0 Å². The van der Waals surface area contributed by atoms with Crippen molar-refractivity contribution in [3.63, 3.8) is 0 Å². The lowest BCUT2D eigenvalue weighted by molar-refractivity contribution is -0.132. The van der Waals surface area contributed by atoms with Gasteiger partial charge in [-0.05, 0) is 118 Å². The molecule has 0 amide bonds. The molecule has 0 saturated heterocycles. The van der Waals surface area contributed by atoms with Crippen molar-refractivity contribution < 1.29 is 9.90 Å². The summed E-state index contributed by atoms with van der Waals surface area (Å²) in [6.07, 6.45) is 12.0. The lowest BCUT2D eigenvalue weighted by atomic mass is 9.48. The zero-order chi connectivity index (χ0) is 20.3. The van der Waals surface area contributed by atoms with Crippen LogP contribution in [0.4, 0.5) is 0 Å². The molecule has 0 aromatic heterocycles. The zero-order valence-corrected chi connectivity index (χ0v) is 19.0. The number of hydrogen-bond acceptors (Lipinski definition) is 2. The van der Waals surface area contributed by atoms with Gasteiger partial charge >= 0.3 is 0 Å². The molecule has 0 bridgehead atoms. The second kappa shape index (κ2) is 7.40. The monoisotopic (exact) mass is 388 g/mol. The van der Waals surface area contributed by atoms with Crippen LogP contribution in [0.15, 0.2) is 0 Å². The minimum absolute atomic E-state index is 0.248. The number of fused-ring (bicyclic) bond motifs is 5. The second-order valence-electron chi connectivity index (χ2n) is 12.0. The van der Waals surface area contributed by atoms with Crippen molar-refractivity contribution in [2.24, 2.45) is 52.8 Å². The summed E-state index contributed by atoms with van der Waals surface area (Å²) in [5.41, 5.74) is -0.134. The molecule has 28 heavy (non-hydrogen) atoms. The van der Waals surface area contributed by atoms with Crippen LogP contribution in [0.2, 0.25) is 0 Å². The smallest absolute Gasteiger partial charge is 0.133 e. The van der Waals surface area contributed by atoms with E-state index in [4.69, 9.17) is 0 Å². The number of aliphatic hydroxyl groups is 1. The number of Topliss-reactive ketones (excluding diaryl/α,β-unsaturated/α-hetero) is 1. The fraction of sp³-hybridized carbons (Fsp3) is 0.962. The van der Waals surface area contributed by atoms with Crippen molar-refractivity contribution >= 4 is 5.78 Å². The summed E-state index contributed by atoms with van der Waals surface area (Å²) >= 11 is 0. The first kappa shape index (κ1) is 20.9. The highest BCUT2D eigenvalue weighted by Gasteiger charge is 2.61. The highest BCUT2D eigenvalue weighted by atomic mass is 16.3. The van der Waals surface area contributed by atoms with Gasteiger partial charge in [-0.2, -0.15) is 0 Å². The summed E-state index contributed by atoms with van der Waals surface area (Å²) in [5, 5.41) is 10.9. The van der Waals surface area contributed by atoms with E-state index in [1.807, 2.05) is 6.92 Å². The number of carbonyl (C=O) groups is 1. The zero-order valence-electron chi connectivity index (χ0n) is 19.0. The molecule has 4 fully saturated rings. The van der Waals surface area contributed by atoms with Crippen molar-refractivity contribution in [1.29, 1.82) is 0 Å². The number of ketones is 1. The van der Waals surface area contributed by atoms with Gasteiger partial charge in [0.05, 0.1) is 5.60 Å². The average Bonchev–Trinajstić information content (AvgIpc) is 2.92. The topological polar surface area (TPSA) is 37.3 Å². The Morgan fingerprint density at radius 2 is 1.79 bits per heavy atom. The summed E-state index contributed by atoms with van der Waals surface area (Å²) in [6, 6.07) is 0. The lowest BCUT2D eigenvalue weighted by Gasteiger charge is -2.57. The van der Waals surface area contributed by atoms with E-state index in [0.717, 1.165) is 48.9 Å². The molecule has 0 spiro atoms. The predicted octanol–water partition coefficient (Wildman–Crippen LogP) is 6.26. The van der Waals surface area contributed by atoms with E-state index in [0.29, 0.717) is 23.5 Å². The first-order valence-electron chi connectivity index (χ1n) is 12.4. The van der Waals surface area contributed by atoms with E-state index in [1.54, 1.807) is 0 Å². The summed E-state index contributed by atoms with van der Waals surface area (Å²) in [5.74, 6) is 6.12. The van der Waals surface area contributed by atoms with Crippen LogP contribution in [0.3, 0.4) is 0 Å². The van der Waals surface area contributed by atoms with Crippen molar-refractivity contribution in [3.05, 3.63) is 0 Å². The molecule has 2 heteroatoms. The van der Waals surface area contributed by atoms with Gasteiger partial charge in [-0.15, -0.1) is 0 Å². The van der Waals surface area contributed by atoms with E-state index < -0.39 is 0 Å². The Labute approximate surface area is 173 Å². The Morgan fingerprint density at radius 3 is 2.43 bits per heavy atom. The molecule has 9 atom stereocenters. The van der Waals surface area contributed by atoms with Crippen LogP contribution in [0, 0.1) is 52.8 Å². The summed E-state index contributed by atoms with van der Waals surface area (Å²) in [6.45, 7) is 11.2. The van der Waals surface area contributed by atoms with Crippen LogP contribution in [0.25, 0.3) is 0 Å². The summed E-state index contributed by atoms with van der Waals surface area (Å²) < 4.78 is 0. The van der Waals surface area contributed by atoms with Gasteiger partial charge in [-0.3, -0.25) is 4.79 Å². The van der Waals surface area contributed by atoms with Gasteiger partial charge < -0.3 is 5.11 Å². The molecule has 1 N–H and O–H groups in total. The number of rotatable bonds is 4. The first-order valence-corrected chi connectivity index (χ1v) is 12.4. The minimum atomic E-state index is -0.382. The molecule has 0 aromatic rings. The third-order valence-corrected chi connectivity index (χ3v) is 10.2. The van der Waals surface area contributed by atoms with Gasteiger partial charge in [0, 0.05) is 5.92 Å². The van der Waals surface area contributed by atoms with E-state index in [-0.39, 0.29) is 11.0 Å². The van der Waals surface area contributed by atoms with Gasteiger partial charge in [0.25, 0.3) is 0 Å². The normalized spacial score (nSPS) is 50.8. The summed E-state index contributed by atoms with van der Waals surface area (Å²) in [7, 11) is 0. The Morgan fingerprint density at radius 1 is 1.07 bits per heavy atom. The van der Waals surface area contributed by atoms with Gasteiger partial charge in [-0.1, -0.05) is 27.7 Å². The first-order chi connectivity index (χ1) is 13.2. The molecule has 160 valence electrons. The van der Waals surface area contributed by atoms with Crippen LogP contribution < -0.4 is 0 Å². The summed E-state index contributed by atoms with van der Waals surface area (Å²) in [4.78, 5) is 12.8. The SMILES string of the molecule is CCC1(O)CCC2C(CCC3C2CCC2(C)C3CC(CC(C)C)C2C(C)=O)C1. The molecule has 9 unspecified atom stereocenters. The fourth-order valence-electron chi connectivity index (χ4n) is 9.10. The standard InChI is InChI=1S/C26H44O2/c1-6-26(28)12-10-20-18(15-26)7-8-22-21(20)9-11-25(5)23(22)14-19(13-16(2)3)24(25)17(4)27/h16,18-24,28H,6-15H2,1-5H3. The Balaban J connectivity index is 1.56. The van der Waals surface area contributed by atoms with Gasteiger partial charge in [0.1, 0.15) is 5.78 Å². The molecule has 0 heterocycles. The maximum absolute atomic E-state index is 12.8. The van der Waals surface area contributed by atoms with Crippen LogP contribution >= 0.6 is 0 Å². The predicted molar refractivity (Wildman–Crippen MR) is 115 cm³/mol. The maximum atomic E-state index is 12.8. The molecule has 4 rings (SSSR count). The molecule has 0 aliphatic heterocycles. The maximum Gasteiger partial charge on any atom is 0.133 e. The highest BCUT2D eigenvalue weighted by molar-refractivity contribution is 5.80. The van der Waals surface area contributed by atoms with E-state index in [1.165, 1.54) is 44.9 Å². The van der Waals surface area contributed by atoms with Crippen molar-refractivity contribution in [1.82, 2.24) is 0 Å². The van der Waals surface area contributed by atoms with Crippen LogP contribution in [0.1, 0.15) is 98.8 Å². The molecule has 0 radical (unpaired) electrons. The van der Waals surface area contributed by atoms with Gasteiger partial charge in [-0.25, -0.2) is 0 Å². The molecule has 2 nitrogen and oxygen atoms in total. The number of hydrogen-bond donors (Lipinski definition) is 1. The van der Waals surface area contributed by atoms with Crippen molar-refractivity contribution in [2.45, 2.75) is 104 Å². The quantitative estimate of drug-likeness (QED) is 0.617. The molecule has 4 aliphatic carbocycles. The Hall–Kier alpha value is -0.370. The minimum Gasteiger partial charge on any atom is -0.390 e. The van der Waals surface area contributed by atoms with E-state index in [9.17, 15) is 9.90 Å². The third kappa shape index (κ3) is 3.30. The molecular formula is C26H44O2. The fourth-order valence-corrected chi connectivity index (χ4v) is 9.10. The second-order valence-corrected chi connectivity index (χ2v) is 12.0. The van der Waals surface area contributed by atoms with Crippen LogP contribution in [0.5, 0.6) is 0 Å². The Bertz CT molecular complexity index is 597.